The molecule has 0 amide bonds. The fourth-order valence-corrected chi connectivity index (χ4v) is 1.89. The van der Waals surface area contributed by atoms with E-state index in [2.05, 4.69) is 0 Å². The van der Waals surface area contributed by atoms with E-state index in [1.807, 2.05) is 0 Å². The molecule has 0 heterocycles. The highest BCUT2D eigenvalue weighted by Crippen LogP contribution is 2.42. The van der Waals surface area contributed by atoms with E-state index in [4.69, 9.17) is 0 Å². The lowest BCUT2D eigenvalue weighted by Gasteiger charge is -2.15. The maximum absolute atomic E-state index is 12.9. The van der Waals surface area contributed by atoms with Crippen molar-refractivity contribution < 1.29 is 31.4 Å². The second kappa shape index (κ2) is 4.98. The van der Waals surface area contributed by atoms with Gasteiger partial charge in [0.1, 0.15) is 5.75 Å². The van der Waals surface area contributed by atoms with Crippen molar-refractivity contribution in [3.8, 4) is 16.9 Å². The number of hydrogen-bond acceptors (Lipinski definition) is 1. The van der Waals surface area contributed by atoms with Gasteiger partial charge in [-0.3, -0.25) is 0 Å². The molecule has 0 saturated heterocycles. The maximum atomic E-state index is 12.9. The molecule has 0 spiro atoms. The molecule has 0 bridgehead atoms. The van der Waals surface area contributed by atoms with Crippen LogP contribution in [0.15, 0.2) is 42.5 Å². The van der Waals surface area contributed by atoms with Crippen LogP contribution in [0.3, 0.4) is 0 Å². The van der Waals surface area contributed by atoms with Gasteiger partial charge in [0.15, 0.2) is 0 Å². The normalized spacial score (nSPS) is 12.5. The fourth-order valence-electron chi connectivity index (χ4n) is 1.89. The van der Waals surface area contributed by atoms with Gasteiger partial charge in [0.25, 0.3) is 0 Å². The zero-order valence-electron chi connectivity index (χ0n) is 10.3. The first-order chi connectivity index (χ1) is 9.60. The van der Waals surface area contributed by atoms with Crippen LogP contribution in [0.1, 0.15) is 11.1 Å². The highest BCUT2D eigenvalue weighted by Gasteiger charge is 2.35. The number of alkyl halides is 6. The van der Waals surface area contributed by atoms with Crippen LogP contribution >= 0.6 is 0 Å². The molecule has 0 unspecified atom stereocenters. The largest absolute Gasteiger partial charge is 0.507 e. The number of phenolic OH excluding ortho intramolecular Hbond substituents is 1. The third-order valence-electron chi connectivity index (χ3n) is 2.85. The molecule has 0 aliphatic carbocycles. The van der Waals surface area contributed by atoms with E-state index in [1.165, 1.54) is 6.07 Å². The molecule has 1 nitrogen and oxygen atoms in total. The van der Waals surface area contributed by atoms with Gasteiger partial charge in [-0.15, -0.1) is 0 Å². The molecule has 21 heavy (non-hydrogen) atoms. The summed E-state index contributed by atoms with van der Waals surface area (Å²) in [7, 11) is 0. The Bertz CT molecular complexity index is 657. The average Bonchev–Trinajstić information content (AvgIpc) is 2.37. The molecule has 0 aliphatic heterocycles. The van der Waals surface area contributed by atoms with Gasteiger partial charge in [0.05, 0.1) is 11.1 Å². The fraction of sp³-hybridized carbons (Fsp3) is 0.143. The lowest BCUT2D eigenvalue weighted by atomic mass is 9.96. The molecular weight excluding hydrogens is 298 g/mol. The van der Waals surface area contributed by atoms with Gasteiger partial charge >= 0.3 is 12.4 Å². The maximum Gasteiger partial charge on any atom is 0.417 e. The number of aromatic hydroxyl groups is 1. The van der Waals surface area contributed by atoms with E-state index in [0.29, 0.717) is 12.1 Å². The van der Waals surface area contributed by atoms with Crippen LogP contribution in [0.5, 0.6) is 5.75 Å². The van der Waals surface area contributed by atoms with Gasteiger partial charge < -0.3 is 5.11 Å². The van der Waals surface area contributed by atoms with Crippen LogP contribution in [0, 0.1) is 0 Å². The van der Waals surface area contributed by atoms with Gasteiger partial charge in [-0.1, -0.05) is 18.2 Å². The second-order valence-electron chi connectivity index (χ2n) is 4.27. The van der Waals surface area contributed by atoms with Gasteiger partial charge in [0, 0.05) is 5.56 Å². The molecule has 0 aliphatic rings. The Kier molecular flexibility index (Phi) is 3.61. The first kappa shape index (κ1) is 15.2. The molecule has 0 saturated carbocycles. The molecule has 1 N–H and O–H groups in total. The summed E-state index contributed by atoms with van der Waals surface area (Å²) < 4.78 is 76.6. The van der Waals surface area contributed by atoms with E-state index in [1.54, 1.807) is 0 Å². The lowest BCUT2D eigenvalue weighted by molar-refractivity contribution is -0.137. The summed E-state index contributed by atoms with van der Waals surface area (Å²) in [5, 5.41) is 9.61. The lowest BCUT2D eigenvalue weighted by Crippen LogP contribution is -2.08. The Labute approximate surface area is 115 Å². The van der Waals surface area contributed by atoms with Crippen molar-refractivity contribution in [2.24, 2.45) is 0 Å². The Morgan fingerprint density at radius 1 is 0.714 bits per heavy atom. The van der Waals surface area contributed by atoms with Crippen LogP contribution in [-0.2, 0) is 12.4 Å². The molecule has 2 rings (SSSR count). The van der Waals surface area contributed by atoms with Crippen LogP contribution in [0.2, 0.25) is 0 Å². The van der Waals surface area contributed by atoms with Gasteiger partial charge in [-0.2, -0.15) is 26.3 Å². The number of hydrogen-bond donors (Lipinski definition) is 1. The van der Waals surface area contributed by atoms with Crippen LogP contribution < -0.4 is 0 Å². The molecule has 0 atom stereocenters. The van der Waals surface area contributed by atoms with Gasteiger partial charge in [-0.25, -0.2) is 0 Å². The van der Waals surface area contributed by atoms with Crippen LogP contribution in [-0.4, -0.2) is 5.11 Å². The van der Waals surface area contributed by atoms with E-state index >= 15 is 0 Å². The summed E-state index contributed by atoms with van der Waals surface area (Å²) in [4.78, 5) is 0. The smallest absolute Gasteiger partial charge is 0.417 e. The minimum absolute atomic E-state index is 0.500. The molecule has 2 aromatic rings. The molecule has 0 aromatic heterocycles. The van der Waals surface area contributed by atoms with E-state index in [0.717, 1.165) is 24.3 Å². The third-order valence-corrected chi connectivity index (χ3v) is 2.85. The first-order valence-corrected chi connectivity index (χ1v) is 5.67. The summed E-state index contributed by atoms with van der Waals surface area (Å²) in [6, 6.07) is 5.97. The minimum atomic E-state index is -4.74. The van der Waals surface area contributed by atoms with Crippen molar-refractivity contribution in [3.05, 3.63) is 53.6 Å². The molecule has 7 heteroatoms. The SMILES string of the molecule is Oc1ccc(C(F)(F)F)cc1-c1ccccc1C(F)(F)F. The van der Waals surface area contributed by atoms with Crippen molar-refractivity contribution in [1.29, 1.82) is 0 Å². The summed E-state index contributed by atoms with van der Waals surface area (Å²) in [6.07, 6.45) is -9.45. The quantitative estimate of drug-likeness (QED) is 0.727. The Balaban J connectivity index is 2.68. The number of halogens is 6. The zero-order chi connectivity index (χ0) is 15.8. The predicted octanol–water partition coefficient (Wildman–Crippen LogP) is 5.10. The van der Waals surface area contributed by atoms with Crippen LogP contribution in [0.25, 0.3) is 11.1 Å². The standard InChI is InChI=1S/C14H8F6O/c15-13(16,17)8-5-6-12(21)10(7-8)9-3-1-2-4-11(9)14(18,19)20/h1-7,21H. The van der Waals surface area contributed by atoms with Crippen molar-refractivity contribution in [2.75, 3.05) is 0 Å². The molecule has 0 radical (unpaired) electrons. The van der Waals surface area contributed by atoms with Crippen molar-refractivity contribution >= 4 is 0 Å². The Morgan fingerprint density at radius 2 is 1.33 bits per heavy atom. The van der Waals surface area contributed by atoms with E-state index < -0.39 is 40.4 Å². The van der Waals surface area contributed by atoms with E-state index in [9.17, 15) is 31.4 Å². The number of rotatable bonds is 1. The van der Waals surface area contributed by atoms with Gasteiger partial charge in [-0.05, 0) is 29.8 Å². The number of phenols is 1. The second-order valence-corrected chi connectivity index (χ2v) is 4.27. The Hall–Kier alpha value is -2.18. The van der Waals surface area contributed by atoms with Crippen molar-refractivity contribution in [2.45, 2.75) is 12.4 Å². The van der Waals surface area contributed by atoms with Crippen molar-refractivity contribution in [3.63, 3.8) is 0 Å². The van der Waals surface area contributed by atoms with Crippen LogP contribution in [0.4, 0.5) is 26.3 Å². The highest BCUT2D eigenvalue weighted by molar-refractivity contribution is 5.74. The molecule has 0 fully saturated rings. The summed E-state index contributed by atoms with van der Waals surface area (Å²) in [6.45, 7) is 0. The minimum Gasteiger partial charge on any atom is -0.507 e. The highest BCUT2D eigenvalue weighted by atomic mass is 19.4. The molecule has 112 valence electrons. The Morgan fingerprint density at radius 3 is 1.90 bits per heavy atom. The monoisotopic (exact) mass is 306 g/mol. The van der Waals surface area contributed by atoms with E-state index in [-0.39, 0.29) is 0 Å². The molecular formula is C14H8F6O. The summed E-state index contributed by atoms with van der Waals surface area (Å²) in [5.41, 5.74) is -3.27. The summed E-state index contributed by atoms with van der Waals surface area (Å²) >= 11 is 0. The first-order valence-electron chi connectivity index (χ1n) is 5.67. The topological polar surface area (TPSA) is 20.2 Å². The van der Waals surface area contributed by atoms with Gasteiger partial charge in [0.2, 0.25) is 0 Å². The third kappa shape index (κ3) is 3.12. The average molecular weight is 306 g/mol. The number of benzene rings is 2. The van der Waals surface area contributed by atoms with Crippen molar-refractivity contribution in [1.82, 2.24) is 0 Å². The summed E-state index contributed by atoms with van der Waals surface area (Å²) in [5.74, 6) is -0.653. The molecule has 2 aromatic carbocycles. The zero-order valence-corrected chi connectivity index (χ0v) is 10.3. The predicted molar refractivity (Wildman–Crippen MR) is 63.5 cm³/mol.